The Morgan fingerprint density at radius 1 is 0.184 bits per heavy atom. The normalized spacial score (nSPS) is 12.2. The van der Waals surface area contributed by atoms with Crippen LogP contribution in [0.1, 0.15) is 0 Å². The van der Waals surface area contributed by atoms with Crippen LogP contribution in [0.5, 0.6) is 0 Å². The third-order valence-corrected chi connectivity index (χ3v) is 28.3. The average molecular weight is 1530 g/mol. The summed E-state index contributed by atoms with van der Waals surface area (Å²) in [6.45, 7) is 0. The van der Waals surface area contributed by atoms with Crippen LogP contribution in [-0.2, 0) is 0 Å². The number of furan rings is 2. The van der Waals surface area contributed by atoms with Gasteiger partial charge in [-0.25, -0.2) is 0 Å². The Bertz CT molecular complexity index is 7990. The number of aromatic nitrogens is 4. The van der Waals surface area contributed by atoms with E-state index in [2.05, 4.69) is 382 Å². The maximum Gasteiger partial charge on any atom is 0.161 e. The van der Waals surface area contributed by atoms with Crippen molar-refractivity contribution in [2.75, 3.05) is 0 Å². The maximum atomic E-state index is 6.70. The molecule has 0 amide bonds. The topological polar surface area (TPSA) is 46.0 Å². The van der Waals surface area contributed by atoms with Crippen LogP contribution >= 0.6 is 45.3 Å². The highest BCUT2D eigenvalue weighted by atomic mass is 32.1. The maximum absolute atomic E-state index is 6.70. The Hall–Kier alpha value is -13.8. The second kappa shape index (κ2) is 24.8. The van der Waals surface area contributed by atoms with Crippen LogP contribution in [0, 0.1) is 0 Å². The summed E-state index contributed by atoms with van der Waals surface area (Å²) in [7, 11) is 0. The van der Waals surface area contributed by atoms with E-state index >= 15 is 0 Å². The van der Waals surface area contributed by atoms with Crippen molar-refractivity contribution in [2.24, 2.45) is 0 Å². The zero-order valence-electron chi connectivity index (χ0n) is 60.9. The summed E-state index contributed by atoms with van der Waals surface area (Å²) in [6.07, 6.45) is 0. The molecule has 10 heteroatoms. The highest BCUT2D eigenvalue weighted by Crippen LogP contribution is 2.51. The van der Waals surface area contributed by atoms with Crippen molar-refractivity contribution in [3.8, 4) is 67.3 Å². The standard InChI is InChI=1S/2C52H30N2OS2/c1-3-12-34(13-4-1)53-43-20-9-7-16-39(43)50-48(53)41-27-23-31(28-45(41)55-50)32-22-25-37-38-26-24-33(30-47(38)56-46(37)29-32)36-18-11-19-42-49-52(57-51(36)42)40-17-8-10-21-44(40)54(49)35-14-5-2-6-15-35;1-3-12-34(13-4-1)53-43-20-9-7-16-39(43)51-48(53)41-27-23-32(30-47(41)56-51)31-22-25-37-38-26-24-33(29-46(38)55-45(37)28-31)36-18-11-19-42-49-52(57-50(36)42)40-17-8-10-21-44(40)54(49)35-14-5-2-6-15-35/h2*1-30H. The first-order chi connectivity index (χ1) is 56.5. The second-order valence-electron chi connectivity index (χ2n) is 29.7. The fourth-order valence-electron chi connectivity index (χ4n) is 18.4. The second-order valence-corrected chi connectivity index (χ2v) is 33.9. The van der Waals surface area contributed by atoms with Gasteiger partial charge in [-0.3, -0.25) is 0 Å². The van der Waals surface area contributed by atoms with E-state index in [0.29, 0.717) is 0 Å². The van der Waals surface area contributed by atoms with Gasteiger partial charge >= 0.3 is 0 Å². The molecule has 26 rings (SSSR count). The molecule has 0 saturated heterocycles. The first-order valence-electron chi connectivity index (χ1n) is 38.5. The van der Waals surface area contributed by atoms with Crippen molar-refractivity contribution in [2.45, 2.75) is 0 Å². The molecule has 0 aliphatic heterocycles. The Labute approximate surface area is 667 Å². The summed E-state index contributed by atoms with van der Waals surface area (Å²) in [6, 6.07) is 132. The average Bonchev–Trinajstić information content (AvgIpc) is 1.58. The number of fused-ring (bicyclic) bond motifs is 26. The van der Waals surface area contributed by atoms with Gasteiger partial charge in [-0.15, -0.1) is 45.3 Å². The van der Waals surface area contributed by atoms with Crippen molar-refractivity contribution in [3.63, 3.8) is 0 Å². The predicted molar refractivity (Wildman–Crippen MR) is 488 cm³/mol. The quantitative estimate of drug-likeness (QED) is 0.152. The van der Waals surface area contributed by atoms with Crippen LogP contribution in [0.25, 0.3) is 236 Å². The summed E-state index contributed by atoms with van der Waals surface area (Å²) in [5, 5.41) is 14.8. The minimum Gasteiger partial charge on any atom is -0.456 e. The summed E-state index contributed by atoms with van der Waals surface area (Å²) in [5.74, 6) is 0. The van der Waals surface area contributed by atoms with Crippen LogP contribution in [0.2, 0.25) is 0 Å². The molecule has 532 valence electrons. The molecule has 0 radical (unpaired) electrons. The van der Waals surface area contributed by atoms with Gasteiger partial charge in [0.25, 0.3) is 0 Å². The van der Waals surface area contributed by atoms with Gasteiger partial charge in [0, 0.05) is 111 Å². The molecular formula is C104H60N4O2S4. The van der Waals surface area contributed by atoms with Gasteiger partial charge < -0.3 is 27.1 Å². The molecule has 0 spiro atoms. The largest absolute Gasteiger partial charge is 0.456 e. The van der Waals surface area contributed by atoms with E-state index in [9.17, 15) is 0 Å². The lowest BCUT2D eigenvalue weighted by Gasteiger charge is -2.09. The summed E-state index contributed by atoms with van der Waals surface area (Å²) < 4.78 is 33.5. The molecule has 0 saturated carbocycles. The molecule has 0 atom stereocenters. The van der Waals surface area contributed by atoms with E-state index in [1.54, 1.807) is 0 Å². The molecule has 0 aliphatic carbocycles. The van der Waals surface area contributed by atoms with Crippen molar-refractivity contribution in [1.29, 1.82) is 0 Å². The lowest BCUT2D eigenvalue weighted by molar-refractivity contribution is 0.669. The van der Waals surface area contributed by atoms with Crippen molar-refractivity contribution in [3.05, 3.63) is 364 Å². The highest BCUT2D eigenvalue weighted by molar-refractivity contribution is 7.28. The number of hydrogen-bond acceptors (Lipinski definition) is 6. The van der Waals surface area contributed by atoms with Gasteiger partial charge in [-0.05, 0) is 178 Å². The zero-order chi connectivity index (χ0) is 74.4. The minimum atomic E-state index is 0.901. The van der Waals surface area contributed by atoms with E-state index in [4.69, 9.17) is 8.83 Å². The van der Waals surface area contributed by atoms with Crippen molar-refractivity contribution in [1.82, 2.24) is 18.3 Å². The number of benzene rings is 16. The lowest BCUT2D eigenvalue weighted by Crippen LogP contribution is -1.92. The molecule has 0 unspecified atom stereocenters. The van der Waals surface area contributed by atoms with Crippen LogP contribution < -0.4 is 0 Å². The lowest BCUT2D eigenvalue weighted by atomic mass is 10.0. The molecule has 10 aromatic heterocycles. The molecule has 0 bridgehead atoms. The fourth-order valence-corrected chi connectivity index (χ4v) is 23.5. The van der Waals surface area contributed by atoms with E-state index < -0.39 is 0 Å². The third kappa shape index (κ3) is 9.51. The predicted octanol–water partition coefficient (Wildman–Crippen LogP) is 31.1. The molecule has 0 fully saturated rings. The van der Waals surface area contributed by atoms with Gasteiger partial charge in [0.2, 0.25) is 0 Å². The van der Waals surface area contributed by atoms with E-state index in [1.165, 1.54) is 159 Å². The summed E-state index contributed by atoms with van der Waals surface area (Å²) in [4.78, 5) is 0. The molecule has 10 heterocycles. The van der Waals surface area contributed by atoms with Gasteiger partial charge in [-0.1, -0.05) is 231 Å². The van der Waals surface area contributed by atoms with Gasteiger partial charge in [0.15, 0.2) is 5.58 Å². The summed E-state index contributed by atoms with van der Waals surface area (Å²) >= 11 is 7.56. The monoisotopic (exact) mass is 1520 g/mol. The Kier molecular flexibility index (Phi) is 13.9. The zero-order valence-corrected chi connectivity index (χ0v) is 64.1. The SMILES string of the molecule is c1ccc(-n2c3ccccc3c3oc4cc(-c5ccc6c(c5)sc5cc(-c7cccc8c7sc7c9ccccc9n(-c9ccccc9)c87)ccc56)ccc4c32)cc1.c1ccc(-n2c3ccccc3c3sc4cc(-c5ccc6c(c5)oc5cc(-c7cccc8c7sc7c9ccccc9n(-c9ccccc9)c87)ccc56)ccc4c32)cc1. The van der Waals surface area contributed by atoms with Crippen molar-refractivity contribution < 1.29 is 8.83 Å². The number of para-hydroxylation sites is 8. The Balaban J connectivity index is 0.000000129. The van der Waals surface area contributed by atoms with Crippen molar-refractivity contribution >= 4 is 214 Å². The third-order valence-electron chi connectivity index (χ3n) is 23.5. The van der Waals surface area contributed by atoms with Crippen LogP contribution in [0.3, 0.4) is 0 Å². The molecule has 0 N–H and O–H groups in total. The molecule has 114 heavy (non-hydrogen) atoms. The Morgan fingerprint density at radius 2 is 0.500 bits per heavy atom. The molecule has 26 aromatic rings. The van der Waals surface area contributed by atoms with Crippen LogP contribution in [0.4, 0.5) is 0 Å². The Morgan fingerprint density at radius 3 is 0.974 bits per heavy atom. The van der Waals surface area contributed by atoms with E-state index in [1.807, 2.05) is 45.3 Å². The van der Waals surface area contributed by atoms with Crippen LogP contribution in [-0.4, -0.2) is 18.3 Å². The van der Waals surface area contributed by atoms with Gasteiger partial charge in [0.05, 0.1) is 52.7 Å². The summed E-state index contributed by atoms with van der Waals surface area (Å²) in [5.41, 5.74) is 27.7. The number of nitrogens with zero attached hydrogens (tertiary/aromatic N) is 4. The van der Waals surface area contributed by atoms with E-state index in [0.717, 1.165) is 77.3 Å². The van der Waals surface area contributed by atoms with Gasteiger partial charge in [-0.2, -0.15) is 0 Å². The highest BCUT2D eigenvalue weighted by Gasteiger charge is 2.26. The number of thiophene rings is 4. The fraction of sp³-hybridized carbons (Fsp3) is 0. The number of hydrogen-bond donors (Lipinski definition) is 0. The molecular weight excluding hydrogens is 1470 g/mol. The first-order valence-corrected chi connectivity index (χ1v) is 41.8. The molecule has 16 aromatic carbocycles. The molecule has 6 nitrogen and oxygen atoms in total. The van der Waals surface area contributed by atoms with Crippen LogP contribution in [0.15, 0.2) is 373 Å². The number of rotatable bonds is 8. The minimum absolute atomic E-state index is 0.901. The van der Waals surface area contributed by atoms with Gasteiger partial charge in [0.1, 0.15) is 22.3 Å². The molecule has 0 aliphatic rings. The van der Waals surface area contributed by atoms with E-state index in [-0.39, 0.29) is 0 Å². The first kappa shape index (κ1) is 63.9. The smallest absolute Gasteiger partial charge is 0.161 e.